The Kier molecular flexibility index (Phi) is 1.89. The van der Waals surface area contributed by atoms with Crippen LogP contribution in [0.25, 0.3) is 0 Å². The molecule has 1 aliphatic rings. The molecule has 0 radical (unpaired) electrons. The lowest BCUT2D eigenvalue weighted by Crippen LogP contribution is -2.13. The topological polar surface area (TPSA) is 35.5 Å². The Hall–Kier alpha value is -0.270. The molecule has 0 saturated heterocycles. The maximum atomic E-state index is 11.7. The molecule has 1 aliphatic heterocycles. The second-order valence-corrected chi connectivity index (χ2v) is 5.88. The van der Waals surface area contributed by atoms with Crippen LogP contribution >= 0.6 is 7.60 Å². The smallest absolute Gasteiger partial charge is 0.387 e. The number of allylic oxidation sites excluding steroid dienone is 2. The molecule has 0 saturated carbocycles. The summed E-state index contributed by atoms with van der Waals surface area (Å²) >= 11 is 0. The minimum atomic E-state index is -2.90. The molecule has 3 nitrogen and oxygen atoms in total. The van der Waals surface area contributed by atoms with Gasteiger partial charge >= 0.3 is 7.60 Å². The minimum Gasteiger partial charge on any atom is -0.429 e. The number of hydrogen-bond donors (Lipinski definition) is 0. The van der Waals surface area contributed by atoms with Crippen LogP contribution in [0.4, 0.5) is 0 Å². The molecule has 0 aliphatic carbocycles. The molecule has 1 heterocycles. The molecule has 1 atom stereocenters. The predicted octanol–water partition coefficient (Wildman–Crippen LogP) is 2.54. The van der Waals surface area contributed by atoms with Gasteiger partial charge in [-0.05, 0) is 26.8 Å². The van der Waals surface area contributed by atoms with Crippen molar-refractivity contribution in [3.8, 4) is 0 Å². The van der Waals surface area contributed by atoms with Crippen molar-refractivity contribution in [3.05, 3.63) is 11.8 Å². The summed E-state index contributed by atoms with van der Waals surface area (Å²) in [7, 11) is -1.49. The Balaban J connectivity index is 3.02. The zero-order valence-corrected chi connectivity index (χ0v) is 8.14. The van der Waals surface area contributed by atoms with Crippen LogP contribution in [0, 0.1) is 0 Å². The second-order valence-electron chi connectivity index (χ2n) is 3.18. The van der Waals surface area contributed by atoms with Crippen LogP contribution in [0.2, 0.25) is 0 Å². The maximum absolute atomic E-state index is 11.7. The van der Waals surface area contributed by atoms with Crippen molar-refractivity contribution >= 4 is 7.60 Å². The Labute approximate surface area is 66.9 Å². The molecule has 4 heteroatoms. The van der Waals surface area contributed by atoms with E-state index in [0.717, 1.165) is 0 Å². The quantitative estimate of drug-likeness (QED) is 0.576. The van der Waals surface area contributed by atoms with Crippen LogP contribution in [0.15, 0.2) is 11.8 Å². The monoisotopic (exact) mass is 176 g/mol. The third kappa shape index (κ3) is 1.23. The summed E-state index contributed by atoms with van der Waals surface area (Å²) in [5.41, 5.74) is 0. The molecule has 11 heavy (non-hydrogen) atoms. The highest BCUT2D eigenvalue weighted by molar-refractivity contribution is 7.56. The summed E-state index contributed by atoms with van der Waals surface area (Å²) in [5, 5.41) is -0.480. The van der Waals surface area contributed by atoms with Crippen molar-refractivity contribution in [1.82, 2.24) is 0 Å². The first kappa shape index (κ1) is 8.82. The van der Waals surface area contributed by atoms with E-state index in [1.807, 2.05) is 19.9 Å². The summed E-state index contributed by atoms with van der Waals surface area (Å²) in [6.07, 6.45) is 1.83. The molecule has 0 bridgehead atoms. The van der Waals surface area contributed by atoms with E-state index in [1.165, 1.54) is 7.11 Å². The standard InChI is InChI=1S/C7H13O3P/c1-6-5-7(2,3)11(8,9-4)10-6/h5H,1-4H3. The summed E-state index contributed by atoms with van der Waals surface area (Å²) in [5.74, 6) is 0.681. The van der Waals surface area contributed by atoms with Gasteiger partial charge in [0.1, 0.15) is 0 Å². The van der Waals surface area contributed by atoms with Crippen molar-refractivity contribution in [1.29, 1.82) is 0 Å². The fourth-order valence-corrected chi connectivity index (χ4v) is 2.73. The first-order valence-electron chi connectivity index (χ1n) is 3.46. The van der Waals surface area contributed by atoms with Crippen molar-refractivity contribution in [2.75, 3.05) is 7.11 Å². The first-order valence-corrected chi connectivity index (χ1v) is 5.00. The van der Waals surface area contributed by atoms with Gasteiger partial charge in [0.15, 0.2) is 0 Å². The normalized spacial score (nSPS) is 34.7. The van der Waals surface area contributed by atoms with E-state index in [9.17, 15) is 4.57 Å². The molecule has 64 valence electrons. The third-order valence-electron chi connectivity index (χ3n) is 1.77. The molecule has 0 N–H and O–H groups in total. The van der Waals surface area contributed by atoms with Crippen LogP contribution in [0.1, 0.15) is 20.8 Å². The van der Waals surface area contributed by atoms with Crippen molar-refractivity contribution in [2.45, 2.75) is 25.9 Å². The maximum Gasteiger partial charge on any atom is 0.387 e. The van der Waals surface area contributed by atoms with Crippen LogP contribution in [0.3, 0.4) is 0 Å². The lowest BCUT2D eigenvalue weighted by atomic mass is 10.2. The van der Waals surface area contributed by atoms with E-state index >= 15 is 0 Å². The fourth-order valence-electron chi connectivity index (χ4n) is 1.18. The van der Waals surface area contributed by atoms with E-state index < -0.39 is 12.8 Å². The van der Waals surface area contributed by atoms with E-state index in [0.29, 0.717) is 5.76 Å². The van der Waals surface area contributed by atoms with E-state index in [2.05, 4.69) is 0 Å². The molecule has 0 amide bonds. The van der Waals surface area contributed by atoms with Crippen LogP contribution in [-0.4, -0.2) is 12.3 Å². The predicted molar refractivity (Wildman–Crippen MR) is 43.5 cm³/mol. The summed E-state index contributed by atoms with van der Waals surface area (Å²) in [6.45, 7) is 5.46. The van der Waals surface area contributed by atoms with Crippen molar-refractivity contribution in [3.63, 3.8) is 0 Å². The van der Waals surface area contributed by atoms with E-state index in [-0.39, 0.29) is 0 Å². The van der Waals surface area contributed by atoms with Gasteiger partial charge in [0.05, 0.1) is 10.9 Å². The highest BCUT2D eigenvalue weighted by Gasteiger charge is 2.47. The largest absolute Gasteiger partial charge is 0.429 e. The van der Waals surface area contributed by atoms with E-state index in [1.54, 1.807) is 6.92 Å². The Bertz CT molecular complexity index is 242. The third-order valence-corrected chi connectivity index (χ3v) is 4.32. The lowest BCUT2D eigenvalue weighted by molar-refractivity contribution is 0.283. The van der Waals surface area contributed by atoms with Gasteiger partial charge in [0.2, 0.25) is 0 Å². The minimum absolute atomic E-state index is 0.480. The number of hydrogen-bond acceptors (Lipinski definition) is 3. The van der Waals surface area contributed by atoms with Gasteiger partial charge in [-0.2, -0.15) is 0 Å². The van der Waals surface area contributed by atoms with Crippen molar-refractivity contribution < 1.29 is 13.6 Å². The Morgan fingerprint density at radius 2 is 2.18 bits per heavy atom. The zero-order valence-electron chi connectivity index (χ0n) is 7.25. The molecule has 1 rings (SSSR count). The molecule has 0 fully saturated rings. The molecule has 1 unspecified atom stereocenters. The summed E-state index contributed by atoms with van der Waals surface area (Å²) < 4.78 is 21.7. The average Bonchev–Trinajstić information content (AvgIpc) is 2.03. The van der Waals surface area contributed by atoms with E-state index in [4.69, 9.17) is 9.05 Å². The molecular formula is C7H13O3P. The van der Waals surface area contributed by atoms with Gasteiger partial charge < -0.3 is 9.05 Å². The average molecular weight is 176 g/mol. The van der Waals surface area contributed by atoms with Gasteiger partial charge in [-0.25, -0.2) is 4.57 Å². The van der Waals surface area contributed by atoms with Gasteiger partial charge in [0, 0.05) is 7.11 Å². The highest BCUT2D eigenvalue weighted by Crippen LogP contribution is 2.65. The molecule has 0 spiro atoms. The van der Waals surface area contributed by atoms with Crippen LogP contribution in [0.5, 0.6) is 0 Å². The fraction of sp³-hybridized carbons (Fsp3) is 0.714. The van der Waals surface area contributed by atoms with Gasteiger partial charge in [-0.1, -0.05) is 0 Å². The second kappa shape index (κ2) is 2.36. The molecule has 0 aromatic carbocycles. The number of rotatable bonds is 1. The highest BCUT2D eigenvalue weighted by atomic mass is 31.2. The molecular weight excluding hydrogens is 163 g/mol. The summed E-state index contributed by atoms with van der Waals surface area (Å²) in [4.78, 5) is 0. The molecule has 0 aromatic rings. The lowest BCUT2D eigenvalue weighted by Gasteiger charge is -2.22. The van der Waals surface area contributed by atoms with Gasteiger partial charge in [-0.15, -0.1) is 0 Å². The van der Waals surface area contributed by atoms with Crippen molar-refractivity contribution in [2.24, 2.45) is 0 Å². The molecule has 0 aromatic heterocycles. The Morgan fingerprint density at radius 3 is 2.36 bits per heavy atom. The van der Waals surface area contributed by atoms with Crippen LogP contribution in [-0.2, 0) is 13.6 Å². The van der Waals surface area contributed by atoms with Crippen LogP contribution < -0.4 is 0 Å². The Morgan fingerprint density at radius 1 is 1.64 bits per heavy atom. The van der Waals surface area contributed by atoms with Gasteiger partial charge in [-0.3, -0.25) is 0 Å². The first-order chi connectivity index (χ1) is 4.91. The SMILES string of the molecule is COP1(=O)OC(C)=CC1(C)C. The summed E-state index contributed by atoms with van der Waals surface area (Å²) in [6, 6.07) is 0. The van der Waals surface area contributed by atoms with Gasteiger partial charge in [0.25, 0.3) is 0 Å². The zero-order chi connectivity index (χ0) is 8.70.